The van der Waals surface area contributed by atoms with Crippen molar-refractivity contribution >= 4 is 15.8 Å². The number of carboxylic acid groups (broad SMARTS) is 1. The lowest BCUT2D eigenvalue weighted by molar-refractivity contribution is -0.137. The fourth-order valence-corrected chi connectivity index (χ4v) is 4.16. The molecule has 0 bridgehead atoms. The Balaban J connectivity index is 3.19. The molecule has 0 spiro atoms. The lowest BCUT2D eigenvalue weighted by atomic mass is 10.1. The van der Waals surface area contributed by atoms with Crippen LogP contribution in [0.15, 0.2) is 18.2 Å². The minimum absolute atomic E-state index is 0.340. The van der Waals surface area contributed by atoms with Crippen molar-refractivity contribution in [3.63, 3.8) is 0 Å². The third-order valence-electron chi connectivity index (χ3n) is 3.03. The molecule has 1 aromatic carbocycles. The highest BCUT2D eigenvalue weighted by molar-refractivity contribution is 7.92. The zero-order chi connectivity index (χ0) is 15.5. The molecular formula is C14H20O5S. The monoisotopic (exact) mass is 300 g/mol. The largest absolute Gasteiger partial charge is 0.496 e. The Morgan fingerprint density at radius 3 is 2.40 bits per heavy atom. The molecule has 1 unspecified atom stereocenters. The maximum absolute atomic E-state index is 12.3. The molecule has 1 aromatic rings. The van der Waals surface area contributed by atoms with E-state index >= 15 is 0 Å². The second-order valence-electron chi connectivity index (χ2n) is 5.13. The molecule has 112 valence electrons. The van der Waals surface area contributed by atoms with E-state index in [0.717, 1.165) is 5.56 Å². The summed E-state index contributed by atoms with van der Waals surface area (Å²) in [5.41, 5.74) is 1.38. The van der Waals surface area contributed by atoms with Gasteiger partial charge < -0.3 is 9.84 Å². The fraction of sp³-hybridized carbons (Fsp3) is 0.500. The highest BCUT2D eigenvalue weighted by Gasteiger charge is 2.35. The molecule has 5 nitrogen and oxygen atoms in total. The number of hydrogen-bond donors (Lipinski definition) is 1. The summed E-state index contributed by atoms with van der Waals surface area (Å²) in [7, 11) is -2.35. The minimum atomic E-state index is -3.80. The van der Waals surface area contributed by atoms with Crippen LogP contribution in [0.3, 0.4) is 0 Å². The third-order valence-corrected chi connectivity index (χ3v) is 5.26. The normalized spacial score (nSPS) is 13.2. The van der Waals surface area contributed by atoms with Crippen LogP contribution in [0.2, 0.25) is 0 Å². The van der Waals surface area contributed by atoms with Gasteiger partial charge in [0.2, 0.25) is 0 Å². The van der Waals surface area contributed by atoms with Crippen molar-refractivity contribution in [3.8, 4) is 5.75 Å². The van der Waals surface area contributed by atoms with E-state index < -0.39 is 27.0 Å². The van der Waals surface area contributed by atoms with Gasteiger partial charge in [-0.3, -0.25) is 4.79 Å². The number of sulfone groups is 1. The van der Waals surface area contributed by atoms with Gasteiger partial charge in [0.25, 0.3) is 0 Å². The van der Waals surface area contributed by atoms with E-state index in [1.165, 1.54) is 7.11 Å². The van der Waals surface area contributed by atoms with Crippen molar-refractivity contribution < 1.29 is 23.1 Å². The molecule has 0 aromatic heterocycles. The molecule has 0 fully saturated rings. The van der Waals surface area contributed by atoms with Crippen LogP contribution in [0, 0.1) is 12.8 Å². The van der Waals surface area contributed by atoms with E-state index in [0.29, 0.717) is 11.3 Å². The van der Waals surface area contributed by atoms with Gasteiger partial charge in [-0.25, -0.2) is 8.42 Å². The summed E-state index contributed by atoms with van der Waals surface area (Å²) in [5.74, 6) is -1.69. The van der Waals surface area contributed by atoms with Gasteiger partial charge in [0, 0.05) is 5.56 Å². The summed E-state index contributed by atoms with van der Waals surface area (Å²) in [6.07, 6.45) is 0. The SMILES string of the molecule is COc1ccc(C)cc1CS(=O)(=O)C(C(=O)O)C(C)C. The summed E-state index contributed by atoms with van der Waals surface area (Å²) in [6.45, 7) is 5.01. The van der Waals surface area contributed by atoms with Crippen LogP contribution < -0.4 is 4.74 Å². The van der Waals surface area contributed by atoms with Crippen molar-refractivity contribution in [1.29, 1.82) is 0 Å². The van der Waals surface area contributed by atoms with Gasteiger partial charge in [-0.1, -0.05) is 31.5 Å². The first kappa shape index (κ1) is 16.5. The van der Waals surface area contributed by atoms with E-state index in [1.54, 1.807) is 26.0 Å². The van der Waals surface area contributed by atoms with Crippen LogP contribution in [0.4, 0.5) is 0 Å². The molecule has 0 heterocycles. The van der Waals surface area contributed by atoms with Gasteiger partial charge in [-0.05, 0) is 18.9 Å². The summed E-state index contributed by atoms with van der Waals surface area (Å²) in [4.78, 5) is 11.2. The highest BCUT2D eigenvalue weighted by atomic mass is 32.2. The van der Waals surface area contributed by atoms with Crippen LogP contribution in [-0.4, -0.2) is 31.9 Å². The Hall–Kier alpha value is -1.56. The van der Waals surface area contributed by atoms with Gasteiger partial charge >= 0.3 is 5.97 Å². The predicted octanol–water partition coefficient (Wildman–Crippen LogP) is 2.03. The maximum Gasteiger partial charge on any atom is 0.322 e. The maximum atomic E-state index is 12.3. The zero-order valence-electron chi connectivity index (χ0n) is 12.1. The number of rotatable bonds is 6. The molecule has 1 N–H and O–H groups in total. The van der Waals surface area contributed by atoms with Crippen molar-refractivity contribution in [2.45, 2.75) is 31.8 Å². The van der Waals surface area contributed by atoms with E-state index in [9.17, 15) is 13.2 Å². The number of aliphatic carboxylic acids is 1. The second kappa shape index (κ2) is 6.26. The number of methoxy groups -OCH3 is 1. The molecule has 0 saturated carbocycles. The van der Waals surface area contributed by atoms with E-state index in [4.69, 9.17) is 9.84 Å². The Morgan fingerprint density at radius 2 is 1.95 bits per heavy atom. The predicted molar refractivity (Wildman–Crippen MR) is 76.6 cm³/mol. The van der Waals surface area contributed by atoms with Gasteiger partial charge in [0.1, 0.15) is 5.75 Å². The van der Waals surface area contributed by atoms with Crippen LogP contribution in [0.1, 0.15) is 25.0 Å². The average Bonchev–Trinajstić information content (AvgIpc) is 2.26. The molecule has 0 saturated heterocycles. The molecule has 0 amide bonds. The van der Waals surface area contributed by atoms with Crippen molar-refractivity contribution in [2.75, 3.05) is 7.11 Å². The van der Waals surface area contributed by atoms with Crippen LogP contribution >= 0.6 is 0 Å². The Labute approximate surface area is 119 Å². The molecule has 0 aliphatic rings. The Bertz CT molecular complexity index is 590. The number of hydrogen-bond acceptors (Lipinski definition) is 4. The van der Waals surface area contributed by atoms with Gasteiger partial charge in [-0.2, -0.15) is 0 Å². The molecule has 1 atom stereocenters. The molecular weight excluding hydrogens is 280 g/mol. The number of carbonyl (C=O) groups is 1. The molecule has 0 aliphatic carbocycles. The van der Waals surface area contributed by atoms with E-state index in [1.807, 2.05) is 13.0 Å². The third kappa shape index (κ3) is 3.72. The Morgan fingerprint density at radius 1 is 1.35 bits per heavy atom. The summed E-state index contributed by atoms with van der Waals surface area (Å²) < 4.78 is 29.8. The van der Waals surface area contributed by atoms with Gasteiger partial charge in [0.15, 0.2) is 15.1 Å². The number of carboxylic acids is 1. The van der Waals surface area contributed by atoms with Gasteiger partial charge in [0.05, 0.1) is 12.9 Å². The average molecular weight is 300 g/mol. The second-order valence-corrected chi connectivity index (χ2v) is 7.25. The van der Waals surface area contributed by atoms with Crippen LogP contribution in [-0.2, 0) is 20.4 Å². The van der Waals surface area contributed by atoms with Crippen molar-refractivity contribution in [3.05, 3.63) is 29.3 Å². The molecule has 1 rings (SSSR count). The number of benzene rings is 1. The van der Waals surface area contributed by atoms with E-state index in [-0.39, 0.29) is 5.75 Å². The summed E-state index contributed by atoms with van der Waals surface area (Å²) in [5, 5.41) is 7.72. The van der Waals surface area contributed by atoms with Gasteiger partial charge in [-0.15, -0.1) is 0 Å². The molecule has 0 radical (unpaired) electrons. The summed E-state index contributed by atoms with van der Waals surface area (Å²) >= 11 is 0. The fourth-order valence-electron chi connectivity index (χ4n) is 2.18. The van der Waals surface area contributed by atoms with Crippen molar-refractivity contribution in [1.82, 2.24) is 0 Å². The molecule has 0 aliphatic heterocycles. The Kier molecular flexibility index (Phi) is 5.16. The standard InChI is InChI=1S/C14H20O5S/c1-9(2)13(14(15)16)20(17,18)8-11-7-10(3)5-6-12(11)19-4/h5-7,9,13H,8H2,1-4H3,(H,15,16). The molecule has 20 heavy (non-hydrogen) atoms. The first-order valence-electron chi connectivity index (χ1n) is 6.27. The van der Waals surface area contributed by atoms with Crippen LogP contribution in [0.25, 0.3) is 0 Å². The summed E-state index contributed by atoms with van der Waals surface area (Å²) in [6, 6.07) is 5.20. The highest BCUT2D eigenvalue weighted by Crippen LogP contribution is 2.25. The number of aryl methyl sites for hydroxylation is 1. The van der Waals surface area contributed by atoms with Crippen LogP contribution in [0.5, 0.6) is 5.75 Å². The lowest BCUT2D eigenvalue weighted by Gasteiger charge is -2.18. The minimum Gasteiger partial charge on any atom is -0.496 e. The van der Waals surface area contributed by atoms with Crippen molar-refractivity contribution in [2.24, 2.45) is 5.92 Å². The van der Waals surface area contributed by atoms with E-state index in [2.05, 4.69) is 0 Å². The zero-order valence-corrected chi connectivity index (χ0v) is 12.9. The topological polar surface area (TPSA) is 80.7 Å². The quantitative estimate of drug-likeness (QED) is 0.869. The number of ether oxygens (including phenoxy) is 1. The first-order chi connectivity index (χ1) is 9.19. The molecule has 6 heteroatoms. The first-order valence-corrected chi connectivity index (χ1v) is 7.98. The smallest absolute Gasteiger partial charge is 0.322 e. The lowest BCUT2D eigenvalue weighted by Crippen LogP contribution is -2.35.